The Morgan fingerprint density at radius 3 is 2.50 bits per heavy atom. The van der Waals surface area contributed by atoms with Gasteiger partial charge in [-0.25, -0.2) is 0 Å². The van der Waals surface area contributed by atoms with E-state index >= 15 is 0 Å². The van der Waals surface area contributed by atoms with Crippen LogP contribution < -0.4 is 10.6 Å². The number of hydrogen-bond donors (Lipinski definition) is 3. The Morgan fingerprint density at radius 1 is 1.10 bits per heavy atom. The maximum atomic E-state index is 11.7. The van der Waals surface area contributed by atoms with Gasteiger partial charge in [-0.1, -0.05) is 17.7 Å². The van der Waals surface area contributed by atoms with Crippen molar-refractivity contribution < 1.29 is 14.7 Å². The van der Waals surface area contributed by atoms with E-state index in [4.69, 9.17) is 5.11 Å². The largest absolute Gasteiger partial charge is 0.396 e. The molecular formula is C15H22N2O3. The Morgan fingerprint density at radius 2 is 1.85 bits per heavy atom. The molecule has 0 aliphatic rings. The number of amides is 2. The summed E-state index contributed by atoms with van der Waals surface area (Å²) in [6, 6.07) is 5.62. The number of carbonyl (C=O) groups excluding carboxylic acids is 2. The van der Waals surface area contributed by atoms with E-state index in [-0.39, 0.29) is 6.61 Å². The number of hydrogen-bond acceptors (Lipinski definition) is 3. The highest BCUT2D eigenvalue weighted by atomic mass is 16.3. The minimum atomic E-state index is -0.654. The lowest BCUT2D eigenvalue weighted by Crippen LogP contribution is -2.36. The first-order valence-electron chi connectivity index (χ1n) is 6.82. The lowest BCUT2D eigenvalue weighted by molar-refractivity contribution is -0.136. The molecule has 5 nitrogen and oxygen atoms in total. The highest BCUT2D eigenvalue weighted by molar-refractivity contribution is 6.39. The summed E-state index contributed by atoms with van der Waals surface area (Å²) in [6.07, 6.45) is 2.29. The summed E-state index contributed by atoms with van der Waals surface area (Å²) in [5, 5.41) is 13.8. The lowest BCUT2D eigenvalue weighted by atomic mass is 10.1. The van der Waals surface area contributed by atoms with Crippen LogP contribution in [0.5, 0.6) is 0 Å². The summed E-state index contributed by atoms with van der Waals surface area (Å²) >= 11 is 0. The van der Waals surface area contributed by atoms with E-state index in [1.165, 1.54) is 0 Å². The molecule has 1 aromatic carbocycles. The Bertz CT molecular complexity index is 472. The molecule has 2 amide bonds. The van der Waals surface area contributed by atoms with E-state index < -0.39 is 11.8 Å². The van der Waals surface area contributed by atoms with Crippen molar-refractivity contribution in [2.24, 2.45) is 0 Å². The number of benzene rings is 1. The first-order valence-corrected chi connectivity index (χ1v) is 6.82. The zero-order valence-electron chi connectivity index (χ0n) is 12.0. The number of nitrogens with one attached hydrogen (secondary N) is 2. The highest BCUT2D eigenvalue weighted by Gasteiger charge is 2.13. The number of unbranched alkanes of at least 4 members (excludes halogenated alkanes) is 2. The Labute approximate surface area is 119 Å². The predicted octanol–water partition coefficient (Wildman–Crippen LogP) is 1.52. The van der Waals surface area contributed by atoms with E-state index in [1.54, 1.807) is 6.07 Å². The van der Waals surface area contributed by atoms with E-state index in [1.807, 2.05) is 26.0 Å². The second-order valence-corrected chi connectivity index (χ2v) is 4.81. The number of aliphatic hydroxyl groups is 1. The van der Waals surface area contributed by atoms with Crippen LogP contribution in [-0.2, 0) is 9.59 Å². The zero-order chi connectivity index (χ0) is 15.0. The SMILES string of the molecule is Cc1ccc(NC(=O)C(=O)NCCCCCO)c(C)c1. The quantitative estimate of drug-likeness (QED) is 0.545. The molecule has 0 aromatic heterocycles. The smallest absolute Gasteiger partial charge is 0.313 e. The van der Waals surface area contributed by atoms with Crippen LogP contribution >= 0.6 is 0 Å². The van der Waals surface area contributed by atoms with Gasteiger partial charge in [-0.3, -0.25) is 9.59 Å². The van der Waals surface area contributed by atoms with Gasteiger partial charge in [-0.2, -0.15) is 0 Å². The minimum absolute atomic E-state index is 0.154. The third kappa shape index (κ3) is 5.40. The van der Waals surface area contributed by atoms with Crippen molar-refractivity contribution in [2.75, 3.05) is 18.5 Å². The van der Waals surface area contributed by atoms with Crippen LogP contribution in [0, 0.1) is 13.8 Å². The van der Waals surface area contributed by atoms with Crippen molar-refractivity contribution in [3.63, 3.8) is 0 Å². The van der Waals surface area contributed by atoms with Crippen molar-refractivity contribution in [3.8, 4) is 0 Å². The molecule has 0 radical (unpaired) electrons. The van der Waals surface area contributed by atoms with Gasteiger partial charge in [0.1, 0.15) is 0 Å². The van der Waals surface area contributed by atoms with Gasteiger partial charge in [-0.15, -0.1) is 0 Å². The average Bonchev–Trinajstić information content (AvgIpc) is 2.41. The van der Waals surface area contributed by atoms with E-state index in [9.17, 15) is 9.59 Å². The van der Waals surface area contributed by atoms with Crippen LogP contribution in [-0.4, -0.2) is 30.1 Å². The summed E-state index contributed by atoms with van der Waals surface area (Å²) in [4.78, 5) is 23.3. The number of carbonyl (C=O) groups is 2. The maximum Gasteiger partial charge on any atom is 0.313 e. The lowest BCUT2D eigenvalue weighted by Gasteiger charge is -2.09. The fourth-order valence-corrected chi connectivity index (χ4v) is 1.83. The first-order chi connectivity index (χ1) is 9.54. The highest BCUT2D eigenvalue weighted by Crippen LogP contribution is 2.15. The molecule has 0 atom stereocenters. The van der Waals surface area contributed by atoms with Gasteiger partial charge >= 0.3 is 11.8 Å². The van der Waals surface area contributed by atoms with Gasteiger partial charge in [-0.05, 0) is 44.7 Å². The molecule has 0 aliphatic carbocycles. The number of rotatable bonds is 6. The van der Waals surface area contributed by atoms with Gasteiger partial charge in [0.15, 0.2) is 0 Å². The van der Waals surface area contributed by atoms with Crippen LogP contribution in [0.4, 0.5) is 5.69 Å². The molecule has 0 unspecified atom stereocenters. The van der Waals surface area contributed by atoms with Gasteiger partial charge in [0.2, 0.25) is 0 Å². The molecule has 1 aromatic rings. The van der Waals surface area contributed by atoms with E-state index in [0.29, 0.717) is 18.7 Å². The Hall–Kier alpha value is -1.88. The Balaban J connectivity index is 2.39. The Kier molecular flexibility index (Phi) is 6.73. The van der Waals surface area contributed by atoms with Crippen LogP contribution in [0.3, 0.4) is 0 Å². The average molecular weight is 278 g/mol. The van der Waals surface area contributed by atoms with Gasteiger partial charge in [0.25, 0.3) is 0 Å². The number of aliphatic hydroxyl groups excluding tert-OH is 1. The number of anilines is 1. The van der Waals surface area contributed by atoms with E-state index in [2.05, 4.69) is 10.6 Å². The molecule has 5 heteroatoms. The molecular weight excluding hydrogens is 256 g/mol. The monoisotopic (exact) mass is 278 g/mol. The summed E-state index contributed by atoms with van der Waals surface area (Å²) in [7, 11) is 0. The molecule has 1 rings (SSSR count). The summed E-state index contributed by atoms with van der Waals surface area (Å²) in [6.45, 7) is 4.45. The van der Waals surface area contributed by atoms with Gasteiger partial charge in [0.05, 0.1) is 0 Å². The van der Waals surface area contributed by atoms with Gasteiger partial charge < -0.3 is 15.7 Å². The maximum absolute atomic E-state index is 11.7. The third-order valence-corrected chi connectivity index (χ3v) is 2.96. The molecule has 0 fully saturated rings. The van der Waals surface area contributed by atoms with Crippen LogP contribution in [0.2, 0.25) is 0 Å². The van der Waals surface area contributed by atoms with Gasteiger partial charge in [0, 0.05) is 18.8 Å². The molecule has 0 spiro atoms. The van der Waals surface area contributed by atoms with Crippen molar-refractivity contribution >= 4 is 17.5 Å². The van der Waals surface area contributed by atoms with Crippen molar-refractivity contribution in [3.05, 3.63) is 29.3 Å². The van der Waals surface area contributed by atoms with E-state index in [0.717, 1.165) is 24.0 Å². The third-order valence-electron chi connectivity index (χ3n) is 2.96. The molecule has 0 heterocycles. The molecule has 0 aliphatic heterocycles. The van der Waals surface area contributed by atoms with Crippen molar-refractivity contribution in [1.82, 2.24) is 5.32 Å². The van der Waals surface area contributed by atoms with Crippen LogP contribution in [0.25, 0.3) is 0 Å². The summed E-state index contributed by atoms with van der Waals surface area (Å²) in [5.41, 5.74) is 2.68. The molecule has 0 saturated heterocycles. The molecule has 0 saturated carbocycles. The minimum Gasteiger partial charge on any atom is -0.396 e. The number of aryl methyl sites for hydroxylation is 2. The zero-order valence-corrected chi connectivity index (χ0v) is 12.0. The predicted molar refractivity (Wildman–Crippen MR) is 78.5 cm³/mol. The topological polar surface area (TPSA) is 78.4 Å². The normalized spacial score (nSPS) is 10.2. The molecule has 0 bridgehead atoms. The fraction of sp³-hybridized carbons (Fsp3) is 0.467. The standard InChI is InChI=1S/C15H22N2O3/c1-11-6-7-13(12(2)10-11)17-15(20)14(19)16-8-4-3-5-9-18/h6-7,10,18H,3-5,8-9H2,1-2H3,(H,16,19)(H,17,20). The first kappa shape index (κ1) is 16.2. The second kappa shape index (κ2) is 8.32. The van der Waals surface area contributed by atoms with Crippen molar-refractivity contribution in [2.45, 2.75) is 33.1 Å². The summed E-state index contributed by atoms with van der Waals surface area (Å²) < 4.78 is 0. The summed E-state index contributed by atoms with van der Waals surface area (Å²) in [5.74, 6) is -1.28. The molecule has 20 heavy (non-hydrogen) atoms. The second-order valence-electron chi connectivity index (χ2n) is 4.81. The fourth-order valence-electron chi connectivity index (χ4n) is 1.83. The molecule has 110 valence electrons. The van der Waals surface area contributed by atoms with Crippen LogP contribution in [0.1, 0.15) is 30.4 Å². The van der Waals surface area contributed by atoms with Crippen LogP contribution in [0.15, 0.2) is 18.2 Å². The molecule has 3 N–H and O–H groups in total. The van der Waals surface area contributed by atoms with Crippen molar-refractivity contribution in [1.29, 1.82) is 0 Å².